The highest BCUT2D eigenvalue weighted by molar-refractivity contribution is 7.80. The summed E-state index contributed by atoms with van der Waals surface area (Å²) in [6.07, 6.45) is 6.76. The number of hydrogen-bond acceptors (Lipinski definition) is 6. The van der Waals surface area contributed by atoms with Crippen LogP contribution in [0.15, 0.2) is 0 Å². The number of thiocarbonyl (C=S) groups is 1. The normalized spacial score (nSPS) is 17.1. The Hall–Kier alpha value is -1.97. The van der Waals surface area contributed by atoms with Crippen molar-refractivity contribution in [2.75, 3.05) is 38.1 Å². The molecule has 186 valence electrons. The molecule has 0 amide bonds. The fourth-order valence-electron chi connectivity index (χ4n) is 4.98. The van der Waals surface area contributed by atoms with Crippen LogP contribution in [0.4, 0.5) is 5.00 Å². The summed E-state index contributed by atoms with van der Waals surface area (Å²) in [4.78, 5) is 18.9. The molecule has 0 unspecified atom stereocenters. The Labute approximate surface area is 212 Å². The van der Waals surface area contributed by atoms with Crippen molar-refractivity contribution in [3.8, 4) is 0 Å². The number of aromatic nitrogens is 2. The van der Waals surface area contributed by atoms with Gasteiger partial charge in [-0.1, -0.05) is 12.8 Å². The summed E-state index contributed by atoms with van der Waals surface area (Å²) in [6.45, 7) is 11.0. The second-order valence-electron chi connectivity index (χ2n) is 9.31. The van der Waals surface area contributed by atoms with Crippen molar-refractivity contribution in [3.05, 3.63) is 33.0 Å². The Morgan fingerprint density at radius 2 is 1.82 bits per heavy atom. The molecule has 0 bridgehead atoms. The molecule has 1 aliphatic carbocycles. The summed E-state index contributed by atoms with van der Waals surface area (Å²) in [5, 5.41) is 9.56. The van der Waals surface area contributed by atoms with Crippen molar-refractivity contribution in [1.82, 2.24) is 19.6 Å². The monoisotopic (exact) mass is 503 g/mol. The standard InChI is InChI=1S/C25H37N5O2S2/c1-5-32-24(31)22-19-10-8-6-7-9-11-21(19)34-23(22)26-25(33)30-14-12-29(13-15-30)16-20-17(2)27-28(4)18(20)3/h5-16H2,1-4H3,(H,26,33). The van der Waals surface area contributed by atoms with Crippen LogP contribution in [0, 0.1) is 13.8 Å². The number of carbonyl (C=O) groups excluding carboxylic acids is 1. The Balaban J connectivity index is 1.42. The average molecular weight is 504 g/mol. The predicted molar refractivity (Wildman–Crippen MR) is 142 cm³/mol. The van der Waals surface area contributed by atoms with Gasteiger partial charge in [0.05, 0.1) is 17.9 Å². The van der Waals surface area contributed by atoms with Crippen molar-refractivity contribution in [3.63, 3.8) is 0 Å². The lowest BCUT2D eigenvalue weighted by Gasteiger charge is -2.36. The van der Waals surface area contributed by atoms with E-state index in [1.54, 1.807) is 11.3 Å². The molecule has 1 N–H and O–H groups in total. The van der Waals surface area contributed by atoms with Crippen LogP contribution < -0.4 is 5.32 Å². The second kappa shape index (κ2) is 11.2. The molecule has 34 heavy (non-hydrogen) atoms. The van der Waals surface area contributed by atoms with Crippen molar-refractivity contribution < 1.29 is 9.53 Å². The fourth-order valence-corrected chi connectivity index (χ4v) is 6.61. The molecule has 0 atom stereocenters. The largest absolute Gasteiger partial charge is 0.462 e. The Morgan fingerprint density at radius 1 is 1.12 bits per heavy atom. The van der Waals surface area contributed by atoms with E-state index in [0.29, 0.717) is 17.3 Å². The van der Waals surface area contributed by atoms with Gasteiger partial charge in [-0.25, -0.2) is 4.79 Å². The minimum Gasteiger partial charge on any atom is -0.462 e. The number of anilines is 1. The van der Waals surface area contributed by atoms with Gasteiger partial charge in [0.2, 0.25) is 0 Å². The van der Waals surface area contributed by atoms with Gasteiger partial charge in [-0.2, -0.15) is 5.10 Å². The van der Waals surface area contributed by atoms with Gasteiger partial charge in [0.15, 0.2) is 5.11 Å². The van der Waals surface area contributed by atoms with Crippen molar-refractivity contribution in [1.29, 1.82) is 0 Å². The van der Waals surface area contributed by atoms with Gasteiger partial charge in [-0.05, 0) is 64.2 Å². The van der Waals surface area contributed by atoms with Gasteiger partial charge in [0.25, 0.3) is 0 Å². The smallest absolute Gasteiger partial charge is 0.341 e. The third-order valence-electron chi connectivity index (χ3n) is 7.07. The van der Waals surface area contributed by atoms with Gasteiger partial charge < -0.3 is 15.0 Å². The molecule has 0 aromatic carbocycles. The minimum atomic E-state index is -0.224. The van der Waals surface area contributed by atoms with E-state index in [4.69, 9.17) is 17.0 Å². The summed E-state index contributed by atoms with van der Waals surface area (Å²) in [6, 6.07) is 0. The summed E-state index contributed by atoms with van der Waals surface area (Å²) >= 11 is 7.50. The number of rotatable bonds is 5. The maximum absolute atomic E-state index is 12.9. The first-order chi connectivity index (χ1) is 16.4. The van der Waals surface area contributed by atoms with Crippen LogP contribution in [0.3, 0.4) is 0 Å². The van der Waals surface area contributed by atoms with E-state index in [-0.39, 0.29) is 5.97 Å². The molecule has 2 aromatic heterocycles. The number of nitrogens with one attached hydrogen (secondary N) is 1. The molecule has 1 saturated heterocycles. The first-order valence-corrected chi connectivity index (χ1v) is 13.7. The number of nitrogens with zero attached hydrogens (tertiary/aromatic N) is 4. The molecule has 7 nitrogen and oxygen atoms in total. The number of hydrogen-bond donors (Lipinski definition) is 1. The highest BCUT2D eigenvalue weighted by Gasteiger charge is 2.27. The number of fused-ring (bicyclic) bond motifs is 1. The highest BCUT2D eigenvalue weighted by atomic mass is 32.1. The maximum Gasteiger partial charge on any atom is 0.341 e. The predicted octanol–water partition coefficient (Wildman–Crippen LogP) is 4.45. The van der Waals surface area contributed by atoms with E-state index < -0.39 is 0 Å². The summed E-state index contributed by atoms with van der Waals surface area (Å²) in [7, 11) is 2.00. The van der Waals surface area contributed by atoms with Crippen LogP contribution in [0.25, 0.3) is 0 Å². The van der Waals surface area contributed by atoms with Gasteiger partial charge in [0.1, 0.15) is 5.00 Å². The van der Waals surface area contributed by atoms with Gasteiger partial charge >= 0.3 is 5.97 Å². The van der Waals surface area contributed by atoms with Gasteiger partial charge in [0, 0.05) is 55.9 Å². The molecule has 2 aliphatic rings. The molecule has 9 heteroatoms. The third-order valence-corrected chi connectivity index (χ3v) is 8.64. The summed E-state index contributed by atoms with van der Waals surface area (Å²) in [5.41, 5.74) is 5.57. The van der Waals surface area contributed by atoms with Crippen LogP contribution in [-0.4, -0.2) is 63.4 Å². The summed E-state index contributed by atoms with van der Waals surface area (Å²) in [5.74, 6) is -0.224. The number of piperazine rings is 1. The average Bonchev–Trinajstić information content (AvgIpc) is 3.24. The fraction of sp³-hybridized carbons (Fsp3) is 0.640. The van der Waals surface area contributed by atoms with Crippen molar-refractivity contribution >= 4 is 39.6 Å². The topological polar surface area (TPSA) is 62.6 Å². The van der Waals surface area contributed by atoms with E-state index in [2.05, 4.69) is 34.1 Å². The lowest BCUT2D eigenvalue weighted by Crippen LogP contribution is -2.49. The molecule has 1 aliphatic heterocycles. The van der Waals surface area contributed by atoms with Crippen LogP contribution in [0.5, 0.6) is 0 Å². The third kappa shape index (κ3) is 5.47. The van der Waals surface area contributed by atoms with Crippen LogP contribution in [-0.2, 0) is 31.2 Å². The highest BCUT2D eigenvalue weighted by Crippen LogP contribution is 2.38. The molecule has 0 saturated carbocycles. The van der Waals surface area contributed by atoms with E-state index in [0.717, 1.165) is 62.7 Å². The lowest BCUT2D eigenvalue weighted by molar-refractivity contribution is 0.0526. The zero-order valence-electron chi connectivity index (χ0n) is 20.9. The second-order valence-corrected chi connectivity index (χ2v) is 10.8. The van der Waals surface area contributed by atoms with Gasteiger partial charge in [-0.3, -0.25) is 9.58 Å². The maximum atomic E-state index is 12.9. The first-order valence-electron chi connectivity index (χ1n) is 12.5. The Kier molecular flexibility index (Phi) is 8.26. The first kappa shape index (κ1) is 25.1. The number of aryl methyl sites for hydroxylation is 3. The molecule has 3 heterocycles. The molecular weight excluding hydrogens is 466 g/mol. The van der Waals surface area contributed by atoms with Crippen LogP contribution in [0.2, 0.25) is 0 Å². The number of thiophene rings is 1. The van der Waals surface area contributed by atoms with Crippen LogP contribution >= 0.6 is 23.6 Å². The van der Waals surface area contributed by atoms with Crippen molar-refractivity contribution in [2.45, 2.75) is 65.8 Å². The Morgan fingerprint density at radius 3 is 2.47 bits per heavy atom. The van der Waals surface area contributed by atoms with Crippen LogP contribution in [0.1, 0.15) is 70.4 Å². The quantitative estimate of drug-likeness (QED) is 0.478. The van der Waals surface area contributed by atoms with E-state index in [1.807, 2.05) is 18.7 Å². The molecule has 4 rings (SSSR count). The van der Waals surface area contributed by atoms with Gasteiger partial charge in [-0.15, -0.1) is 11.3 Å². The van der Waals surface area contributed by atoms with E-state index in [1.165, 1.54) is 41.0 Å². The molecule has 1 fully saturated rings. The van der Waals surface area contributed by atoms with Crippen molar-refractivity contribution in [2.24, 2.45) is 7.05 Å². The zero-order valence-corrected chi connectivity index (χ0v) is 22.5. The molecule has 0 spiro atoms. The van der Waals surface area contributed by atoms with E-state index >= 15 is 0 Å². The molecule has 0 radical (unpaired) electrons. The summed E-state index contributed by atoms with van der Waals surface area (Å²) < 4.78 is 7.41. The minimum absolute atomic E-state index is 0.224. The Bertz CT molecular complexity index is 1040. The van der Waals surface area contributed by atoms with E-state index in [9.17, 15) is 4.79 Å². The zero-order chi connectivity index (χ0) is 24.2. The number of esters is 1. The number of carbonyl (C=O) groups is 1. The lowest BCUT2D eigenvalue weighted by atomic mass is 9.96. The number of ether oxygens (including phenoxy) is 1. The SMILES string of the molecule is CCOC(=O)c1c(NC(=S)N2CCN(Cc3c(C)nn(C)c3C)CC2)sc2c1CCCCCC2. The molecular formula is C25H37N5O2S2. The molecule has 2 aromatic rings.